The van der Waals surface area contributed by atoms with Crippen molar-refractivity contribution in [3.63, 3.8) is 0 Å². The van der Waals surface area contributed by atoms with Crippen molar-refractivity contribution in [2.45, 2.75) is 45.6 Å². The lowest BCUT2D eigenvalue weighted by Gasteiger charge is -2.32. The third kappa shape index (κ3) is 5.12. The van der Waals surface area contributed by atoms with Gasteiger partial charge >= 0.3 is 0 Å². The second-order valence-electron chi connectivity index (χ2n) is 5.99. The van der Waals surface area contributed by atoms with Gasteiger partial charge in [-0.2, -0.15) is 0 Å². The third-order valence-electron chi connectivity index (χ3n) is 4.00. The SMILES string of the molecule is CCCN(CC(=O)N(C)C)C(=O)CC1NCCCC1C. The Hall–Kier alpha value is -1.10. The number of amides is 2. The Morgan fingerprint density at radius 1 is 1.25 bits per heavy atom. The zero-order valence-corrected chi connectivity index (χ0v) is 13.3. The summed E-state index contributed by atoms with van der Waals surface area (Å²) in [6.45, 7) is 6.06. The van der Waals surface area contributed by atoms with Crippen LogP contribution in [0.2, 0.25) is 0 Å². The molecule has 0 bridgehead atoms. The molecule has 1 aliphatic rings. The molecule has 2 amide bonds. The summed E-state index contributed by atoms with van der Waals surface area (Å²) in [5.41, 5.74) is 0. The number of carbonyl (C=O) groups is 2. The predicted octanol–water partition coefficient (Wildman–Crippen LogP) is 1.09. The maximum atomic E-state index is 12.4. The van der Waals surface area contributed by atoms with Gasteiger partial charge in [0, 0.05) is 33.1 Å². The Morgan fingerprint density at radius 3 is 2.50 bits per heavy atom. The van der Waals surface area contributed by atoms with Crippen molar-refractivity contribution < 1.29 is 9.59 Å². The number of carbonyl (C=O) groups excluding carboxylic acids is 2. The average molecular weight is 283 g/mol. The number of nitrogens with one attached hydrogen (secondary N) is 1. The molecule has 0 aliphatic carbocycles. The summed E-state index contributed by atoms with van der Waals surface area (Å²) < 4.78 is 0. The molecule has 0 spiro atoms. The number of hydrogen-bond donors (Lipinski definition) is 1. The standard InChI is InChI=1S/C15H29N3O2/c1-5-9-18(11-15(20)17(3)4)14(19)10-13-12(2)7-6-8-16-13/h12-13,16H,5-11H2,1-4H3. The Balaban J connectivity index is 2.56. The van der Waals surface area contributed by atoms with Gasteiger partial charge < -0.3 is 15.1 Å². The van der Waals surface area contributed by atoms with E-state index in [1.165, 1.54) is 17.7 Å². The van der Waals surface area contributed by atoms with E-state index in [9.17, 15) is 9.59 Å². The minimum atomic E-state index is -0.0172. The number of rotatable bonds is 6. The van der Waals surface area contributed by atoms with Gasteiger partial charge in [-0.3, -0.25) is 9.59 Å². The van der Waals surface area contributed by atoms with Crippen molar-refractivity contribution in [3.8, 4) is 0 Å². The Kier molecular flexibility index (Phi) is 6.99. The van der Waals surface area contributed by atoms with E-state index in [4.69, 9.17) is 0 Å². The van der Waals surface area contributed by atoms with Crippen molar-refractivity contribution in [1.29, 1.82) is 0 Å². The Labute approximate surface area is 122 Å². The third-order valence-corrected chi connectivity index (χ3v) is 4.00. The van der Waals surface area contributed by atoms with Crippen LogP contribution >= 0.6 is 0 Å². The molecular weight excluding hydrogens is 254 g/mol. The fourth-order valence-electron chi connectivity index (χ4n) is 2.57. The maximum Gasteiger partial charge on any atom is 0.241 e. The molecule has 116 valence electrons. The first-order chi connectivity index (χ1) is 9.45. The van der Waals surface area contributed by atoms with Crippen LogP contribution in [-0.4, -0.2) is 61.4 Å². The first-order valence-electron chi connectivity index (χ1n) is 7.67. The molecule has 0 radical (unpaired) electrons. The summed E-state index contributed by atoms with van der Waals surface area (Å²) in [7, 11) is 3.45. The van der Waals surface area contributed by atoms with Crippen LogP contribution in [0.1, 0.15) is 39.5 Å². The molecule has 0 aromatic rings. The second kappa shape index (κ2) is 8.25. The maximum absolute atomic E-state index is 12.4. The molecule has 5 heteroatoms. The summed E-state index contributed by atoms with van der Waals surface area (Å²) in [5, 5.41) is 3.43. The van der Waals surface area contributed by atoms with E-state index in [-0.39, 0.29) is 24.4 Å². The van der Waals surface area contributed by atoms with Gasteiger partial charge in [0.25, 0.3) is 0 Å². The summed E-state index contributed by atoms with van der Waals surface area (Å²) in [6.07, 6.45) is 3.74. The van der Waals surface area contributed by atoms with E-state index in [0.717, 1.165) is 13.0 Å². The van der Waals surface area contributed by atoms with Gasteiger partial charge in [0.05, 0.1) is 6.54 Å². The largest absolute Gasteiger partial charge is 0.347 e. The molecular formula is C15H29N3O2. The predicted molar refractivity (Wildman–Crippen MR) is 80.4 cm³/mol. The van der Waals surface area contributed by atoms with Crippen molar-refractivity contribution in [2.75, 3.05) is 33.7 Å². The smallest absolute Gasteiger partial charge is 0.241 e. The lowest BCUT2D eigenvalue weighted by atomic mass is 9.90. The van der Waals surface area contributed by atoms with Gasteiger partial charge in [0.2, 0.25) is 11.8 Å². The molecule has 2 atom stereocenters. The fourth-order valence-corrected chi connectivity index (χ4v) is 2.57. The highest BCUT2D eigenvalue weighted by Gasteiger charge is 2.26. The van der Waals surface area contributed by atoms with Crippen LogP contribution in [0.3, 0.4) is 0 Å². The zero-order valence-electron chi connectivity index (χ0n) is 13.3. The van der Waals surface area contributed by atoms with Crippen molar-refractivity contribution in [2.24, 2.45) is 5.92 Å². The summed E-state index contributed by atoms with van der Waals surface area (Å²) in [5.74, 6) is 0.602. The zero-order chi connectivity index (χ0) is 15.1. The second-order valence-corrected chi connectivity index (χ2v) is 5.99. The van der Waals surface area contributed by atoms with Gasteiger partial charge in [-0.15, -0.1) is 0 Å². The van der Waals surface area contributed by atoms with E-state index < -0.39 is 0 Å². The lowest BCUT2D eigenvalue weighted by Crippen LogP contribution is -2.46. The first-order valence-corrected chi connectivity index (χ1v) is 7.67. The quantitative estimate of drug-likeness (QED) is 0.794. The summed E-state index contributed by atoms with van der Waals surface area (Å²) in [6, 6.07) is 0.255. The van der Waals surface area contributed by atoms with Crippen molar-refractivity contribution in [3.05, 3.63) is 0 Å². The van der Waals surface area contributed by atoms with E-state index in [0.29, 0.717) is 18.9 Å². The average Bonchev–Trinajstić information content (AvgIpc) is 2.40. The molecule has 2 unspecified atom stereocenters. The highest BCUT2D eigenvalue weighted by molar-refractivity contribution is 5.84. The van der Waals surface area contributed by atoms with Crippen LogP contribution in [0, 0.1) is 5.92 Å². The molecule has 1 aliphatic heterocycles. The van der Waals surface area contributed by atoms with E-state index in [1.54, 1.807) is 19.0 Å². The van der Waals surface area contributed by atoms with Crippen LogP contribution in [0.15, 0.2) is 0 Å². The first kappa shape index (κ1) is 17.0. The molecule has 0 saturated carbocycles. The van der Waals surface area contributed by atoms with Crippen LogP contribution in [0.4, 0.5) is 0 Å². The monoisotopic (exact) mass is 283 g/mol. The van der Waals surface area contributed by atoms with E-state index in [2.05, 4.69) is 12.2 Å². The van der Waals surface area contributed by atoms with Gasteiger partial charge in [-0.05, 0) is 31.7 Å². The Bertz CT molecular complexity index is 331. The fraction of sp³-hybridized carbons (Fsp3) is 0.867. The van der Waals surface area contributed by atoms with Crippen molar-refractivity contribution >= 4 is 11.8 Å². The van der Waals surface area contributed by atoms with Crippen molar-refractivity contribution in [1.82, 2.24) is 15.1 Å². The van der Waals surface area contributed by atoms with E-state index >= 15 is 0 Å². The molecule has 1 fully saturated rings. The number of piperidine rings is 1. The highest BCUT2D eigenvalue weighted by Crippen LogP contribution is 2.18. The molecule has 1 N–H and O–H groups in total. The topological polar surface area (TPSA) is 52.7 Å². The van der Waals surface area contributed by atoms with Gasteiger partial charge in [-0.25, -0.2) is 0 Å². The van der Waals surface area contributed by atoms with Gasteiger partial charge in [0.15, 0.2) is 0 Å². The number of hydrogen-bond acceptors (Lipinski definition) is 3. The molecule has 1 heterocycles. The number of nitrogens with zero attached hydrogens (tertiary/aromatic N) is 2. The summed E-state index contributed by atoms with van der Waals surface area (Å²) >= 11 is 0. The molecule has 0 aromatic heterocycles. The molecule has 1 saturated heterocycles. The molecule has 0 aromatic carbocycles. The van der Waals surface area contributed by atoms with E-state index in [1.807, 2.05) is 6.92 Å². The van der Waals surface area contributed by atoms with Gasteiger partial charge in [-0.1, -0.05) is 13.8 Å². The van der Waals surface area contributed by atoms with Crippen LogP contribution in [0.25, 0.3) is 0 Å². The Morgan fingerprint density at radius 2 is 1.95 bits per heavy atom. The minimum Gasteiger partial charge on any atom is -0.347 e. The minimum absolute atomic E-state index is 0.0172. The molecule has 20 heavy (non-hydrogen) atoms. The van der Waals surface area contributed by atoms with Crippen LogP contribution < -0.4 is 5.32 Å². The highest BCUT2D eigenvalue weighted by atomic mass is 16.2. The normalized spacial score (nSPS) is 22.4. The van der Waals surface area contributed by atoms with Gasteiger partial charge in [0.1, 0.15) is 0 Å². The number of likely N-dealkylation sites (N-methyl/N-ethyl adjacent to an activating group) is 1. The van der Waals surface area contributed by atoms with Crippen LogP contribution in [0.5, 0.6) is 0 Å². The lowest BCUT2D eigenvalue weighted by molar-refractivity contribution is -0.139. The molecule has 5 nitrogen and oxygen atoms in total. The summed E-state index contributed by atoms with van der Waals surface area (Å²) in [4.78, 5) is 27.5. The molecule has 1 rings (SSSR count). The van der Waals surface area contributed by atoms with Crippen LogP contribution in [-0.2, 0) is 9.59 Å².